The molecule has 1 aliphatic rings. The zero-order chi connectivity index (χ0) is 15.7. The number of rotatable bonds is 5. The van der Waals surface area contributed by atoms with E-state index in [2.05, 4.69) is 19.2 Å². The third-order valence-electron chi connectivity index (χ3n) is 4.55. The first-order chi connectivity index (χ1) is 9.85. The van der Waals surface area contributed by atoms with Crippen molar-refractivity contribution in [2.75, 3.05) is 11.9 Å². The van der Waals surface area contributed by atoms with Crippen LogP contribution in [0.4, 0.5) is 5.69 Å². The molecular formula is C17H27ClN2O2. The highest BCUT2D eigenvalue weighted by Crippen LogP contribution is 2.36. The van der Waals surface area contributed by atoms with Gasteiger partial charge in [-0.1, -0.05) is 13.8 Å². The average molecular weight is 327 g/mol. The minimum absolute atomic E-state index is 0. The number of halogens is 1. The number of amides is 1. The van der Waals surface area contributed by atoms with Crippen molar-refractivity contribution >= 4 is 24.0 Å². The molecule has 124 valence electrons. The Balaban J connectivity index is 0.00000242. The summed E-state index contributed by atoms with van der Waals surface area (Å²) in [6.45, 7) is 8.52. The molecule has 0 saturated carbocycles. The minimum Gasteiger partial charge on any atom is -0.487 e. The van der Waals surface area contributed by atoms with Crippen LogP contribution in [0.5, 0.6) is 5.75 Å². The maximum Gasteiger partial charge on any atom is 0.231 e. The molecule has 0 bridgehead atoms. The van der Waals surface area contributed by atoms with Crippen molar-refractivity contribution in [1.82, 2.24) is 0 Å². The van der Waals surface area contributed by atoms with Gasteiger partial charge < -0.3 is 15.8 Å². The number of hydrogen-bond acceptors (Lipinski definition) is 3. The summed E-state index contributed by atoms with van der Waals surface area (Å²) in [5.41, 5.74) is 7.15. The van der Waals surface area contributed by atoms with Crippen molar-refractivity contribution in [3.63, 3.8) is 0 Å². The molecular weight excluding hydrogens is 300 g/mol. The fourth-order valence-corrected chi connectivity index (χ4v) is 2.90. The number of carbonyl (C=O) groups is 1. The van der Waals surface area contributed by atoms with Gasteiger partial charge in [0.2, 0.25) is 5.91 Å². The van der Waals surface area contributed by atoms with E-state index < -0.39 is 5.41 Å². The van der Waals surface area contributed by atoms with Crippen molar-refractivity contribution in [3.8, 4) is 5.75 Å². The second kappa shape index (κ2) is 6.88. The van der Waals surface area contributed by atoms with E-state index in [-0.39, 0.29) is 23.9 Å². The van der Waals surface area contributed by atoms with E-state index >= 15 is 0 Å². The van der Waals surface area contributed by atoms with E-state index in [1.807, 2.05) is 32.0 Å². The van der Waals surface area contributed by atoms with Crippen LogP contribution >= 0.6 is 12.4 Å². The molecule has 0 spiro atoms. The molecule has 1 aliphatic heterocycles. The maximum atomic E-state index is 12.5. The largest absolute Gasteiger partial charge is 0.487 e. The third kappa shape index (κ3) is 3.55. The summed E-state index contributed by atoms with van der Waals surface area (Å²) < 4.78 is 5.85. The topological polar surface area (TPSA) is 64.4 Å². The normalized spacial score (nSPS) is 15.5. The molecule has 0 atom stereocenters. The Bertz CT molecular complexity index is 531. The smallest absolute Gasteiger partial charge is 0.231 e. The van der Waals surface area contributed by atoms with Crippen LogP contribution in [-0.2, 0) is 11.2 Å². The SMILES string of the molecule is CCC(CC)(CN)C(=O)Nc1ccc2c(c1)CC(C)(C)O2.Cl. The molecule has 3 N–H and O–H groups in total. The van der Waals surface area contributed by atoms with Gasteiger partial charge in [0.25, 0.3) is 0 Å². The van der Waals surface area contributed by atoms with E-state index in [9.17, 15) is 4.79 Å². The lowest BCUT2D eigenvalue weighted by Crippen LogP contribution is -2.41. The highest BCUT2D eigenvalue weighted by molar-refractivity contribution is 5.95. The van der Waals surface area contributed by atoms with E-state index in [1.54, 1.807) is 0 Å². The van der Waals surface area contributed by atoms with Crippen LogP contribution in [0.2, 0.25) is 0 Å². The Hall–Kier alpha value is -1.26. The lowest BCUT2D eigenvalue weighted by Gasteiger charge is -2.28. The van der Waals surface area contributed by atoms with Gasteiger partial charge in [-0.3, -0.25) is 4.79 Å². The second-order valence-electron chi connectivity index (χ2n) is 6.51. The van der Waals surface area contributed by atoms with Gasteiger partial charge in [-0.25, -0.2) is 0 Å². The average Bonchev–Trinajstić information content (AvgIpc) is 2.74. The summed E-state index contributed by atoms with van der Waals surface area (Å²) in [5.74, 6) is 0.919. The van der Waals surface area contributed by atoms with Crippen LogP contribution in [0.15, 0.2) is 18.2 Å². The molecule has 0 radical (unpaired) electrons. The third-order valence-corrected chi connectivity index (χ3v) is 4.55. The summed E-state index contributed by atoms with van der Waals surface area (Å²) in [5, 5.41) is 3.02. The fourth-order valence-electron chi connectivity index (χ4n) is 2.90. The number of anilines is 1. The number of ether oxygens (including phenoxy) is 1. The van der Waals surface area contributed by atoms with Gasteiger partial charge in [0.1, 0.15) is 11.4 Å². The number of carbonyl (C=O) groups excluding carboxylic acids is 1. The van der Waals surface area contributed by atoms with Gasteiger partial charge in [-0.2, -0.15) is 0 Å². The molecule has 5 heteroatoms. The number of nitrogens with two attached hydrogens (primary N) is 1. The van der Waals surface area contributed by atoms with Crippen molar-refractivity contribution in [2.24, 2.45) is 11.1 Å². The highest BCUT2D eigenvalue weighted by atomic mass is 35.5. The lowest BCUT2D eigenvalue weighted by molar-refractivity contribution is -0.125. The van der Waals surface area contributed by atoms with Gasteiger partial charge in [-0.15, -0.1) is 12.4 Å². The second-order valence-corrected chi connectivity index (χ2v) is 6.51. The van der Waals surface area contributed by atoms with Gasteiger partial charge in [-0.05, 0) is 44.9 Å². The van der Waals surface area contributed by atoms with Crippen molar-refractivity contribution in [2.45, 2.75) is 52.6 Å². The Morgan fingerprint density at radius 1 is 1.36 bits per heavy atom. The zero-order valence-electron chi connectivity index (χ0n) is 13.9. The van der Waals surface area contributed by atoms with E-state index in [0.717, 1.165) is 36.3 Å². The molecule has 2 rings (SSSR count). The number of benzene rings is 1. The molecule has 0 unspecified atom stereocenters. The summed E-state index contributed by atoms with van der Waals surface area (Å²) in [7, 11) is 0. The Morgan fingerprint density at radius 2 is 2.00 bits per heavy atom. The lowest BCUT2D eigenvalue weighted by atomic mass is 9.81. The maximum absolute atomic E-state index is 12.5. The highest BCUT2D eigenvalue weighted by Gasteiger charge is 2.34. The summed E-state index contributed by atoms with van der Waals surface area (Å²) >= 11 is 0. The fraction of sp³-hybridized carbons (Fsp3) is 0.588. The monoisotopic (exact) mass is 326 g/mol. The van der Waals surface area contributed by atoms with Crippen LogP contribution in [0.25, 0.3) is 0 Å². The van der Waals surface area contributed by atoms with E-state index in [4.69, 9.17) is 10.5 Å². The van der Waals surface area contributed by atoms with Gasteiger partial charge in [0.15, 0.2) is 0 Å². The van der Waals surface area contributed by atoms with Gasteiger partial charge in [0.05, 0.1) is 5.41 Å². The van der Waals surface area contributed by atoms with Crippen molar-refractivity contribution < 1.29 is 9.53 Å². The van der Waals surface area contributed by atoms with Crippen LogP contribution in [0.1, 0.15) is 46.1 Å². The molecule has 1 heterocycles. The van der Waals surface area contributed by atoms with Gasteiger partial charge >= 0.3 is 0 Å². The van der Waals surface area contributed by atoms with Gasteiger partial charge in [0, 0.05) is 24.2 Å². The quantitative estimate of drug-likeness (QED) is 0.870. The summed E-state index contributed by atoms with van der Waals surface area (Å²) in [6.07, 6.45) is 2.34. The molecule has 1 amide bonds. The van der Waals surface area contributed by atoms with E-state index in [1.165, 1.54) is 0 Å². The first-order valence-electron chi connectivity index (χ1n) is 7.69. The Labute approximate surface area is 139 Å². The van der Waals surface area contributed by atoms with Crippen LogP contribution in [-0.4, -0.2) is 18.1 Å². The van der Waals surface area contributed by atoms with Crippen LogP contribution in [0, 0.1) is 5.41 Å². The standard InChI is InChI=1S/C17H26N2O2.ClH/c1-5-17(6-2,11-18)15(20)19-13-7-8-14-12(9-13)10-16(3,4)21-14;/h7-9H,5-6,10-11,18H2,1-4H3,(H,19,20);1H. The minimum atomic E-state index is -0.477. The molecule has 22 heavy (non-hydrogen) atoms. The molecule has 0 fully saturated rings. The summed E-state index contributed by atoms with van der Waals surface area (Å²) in [6, 6.07) is 5.83. The zero-order valence-corrected chi connectivity index (χ0v) is 14.7. The molecule has 4 nitrogen and oxygen atoms in total. The predicted octanol–water partition coefficient (Wildman–Crippen LogP) is 3.53. The number of fused-ring (bicyclic) bond motifs is 1. The molecule has 0 aliphatic carbocycles. The van der Waals surface area contributed by atoms with Crippen LogP contribution < -0.4 is 15.8 Å². The first kappa shape index (κ1) is 18.8. The summed E-state index contributed by atoms with van der Waals surface area (Å²) in [4.78, 5) is 12.5. The molecule has 1 aromatic rings. The molecule has 1 aromatic carbocycles. The molecule has 0 aromatic heterocycles. The van der Waals surface area contributed by atoms with Crippen LogP contribution in [0.3, 0.4) is 0 Å². The number of hydrogen-bond donors (Lipinski definition) is 2. The first-order valence-corrected chi connectivity index (χ1v) is 7.69. The van der Waals surface area contributed by atoms with Crippen molar-refractivity contribution in [3.05, 3.63) is 23.8 Å². The predicted molar refractivity (Wildman–Crippen MR) is 92.8 cm³/mol. The van der Waals surface area contributed by atoms with E-state index in [0.29, 0.717) is 6.54 Å². The molecule has 0 saturated heterocycles. The van der Waals surface area contributed by atoms with Crippen molar-refractivity contribution in [1.29, 1.82) is 0 Å². The Morgan fingerprint density at radius 3 is 2.55 bits per heavy atom. The Kier molecular flexibility index (Phi) is 5.88. The number of nitrogens with one attached hydrogen (secondary N) is 1.